The largest absolute Gasteiger partial charge is 0.480 e. The van der Waals surface area contributed by atoms with Crippen molar-refractivity contribution in [3.63, 3.8) is 0 Å². The van der Waals surface area contributed by atoms with Crippen LogP contribution in [-0.2, 0) is 14.8 Å². The molecule has 1 unspecified atom stereocenters. The number of nitrogens with zero attached hydrogens (tertiary/aromatic N) is 1. The summed E-state index contributed by atoms with van der Waals surface area (Å²) >= 11 is 0. The van der Waals surface area contributed by atoms with Crippen LogP contribution in [0.4, 0.5) is 0 Å². The van der Waals surface area contributed by atoms with Gasteiger partial charge in [-0.15, -0.1) is 0 Å². The first-order valence-corrected chi connectivity index (χ1v) is 8.20. The van der Waals surface area contributed by atoms with Gasteiger partial charge in [0.05, 0.1) is 5.75 Å². The van der Waals surface area contributed by atoms with Gasteiger partial charge in [0.1, 0.15) is 6.04 Å². The van der Waals surface area contributed by atoms with Crippen LogP contribution in [-0.4, -0.2) is 42.1 Å². The zero-order valence-corrected chi connectivity index (χ0v) is 13.2. The fraction of sp³-hybridized carbons (Fsp3) is 0.923. The standard InChI is InChI=1S/C13H25NO4S/c1-12(2,3)9-19(17,18)14-8-6-7-13(4,5)10(14)11(15)16/h10H,6-9H2,1-5H3,(H,15,16). The molecular weight excluding hydrogens is 266 g/mol. The van der Waals surface area contributed by atoms with E-state index in [0.717, 1.165) is 6.42 Å². The summed E-state index contributed by atoms with van der Waals surface area (Å²) in [5, 5.41) is 9.40. The molecule has 1 N–H and O–H groups in total. The smallest absolute Gasteiger partial charge is 0.322 e. The van der Waals surface area contributed by atoms with E-state index in [1.54, 1.807) is 0 Å². The SMILES string of the molecule is CC(C)(C)CS(=O)(=O)N1CCCC(C)(C)C1C(=O)O. The Kier molecular flexibility index (Phi) is 4.37. The number of carbonyl (C=O) groups is 1. The molecule has 19 heavy (non-hydrogen) atoms. The minimum absolute atomic E-state index is 0.0279. The average Bonchev–Trinajstić information content (AvgIpc) is 2.10. The second kappa shape index (κ2) is 5.05. The third-order valence-corrected chi connectivity index (χ3v) is 5.77. The summed E-state index contributed by atoms with van der Waals surface area (Å²) in [6.07, 6.45) is 1.44. The molecule has 5 nitrogen and oxygen atoms in total. The Morgan fingerprint density at radius 2 is 1.89 bits per heavy atom. The fourth-order valence-electron chi connectivity index (χ4n) is 2.73. The third-order valence-electron chi connectivity index (χ3n) is 3.43. The molecular formula is C13H25NO4S. The normalized spacial score (nSPS) is 25.2. The van der Waals surface area contributed by atoms with Crippen LogP contribution in [0.3, 0.4) is 0 Å². The molecule has 0 aromatic rings. The predicted octanol–water partition coefficient (Wildman–Crippen LogP) is 1.94. The Morgan fingerprint density at radius 1 is 1.37 bits per heavy atom. The molecule has 0 spiro atoms. The summed E-state index contributed by atoms with van der Waals surface area (Å²) in [5.74, 6) is -1.08. The Labute approximate surface area is 116 Å². The first-order chi connectivity index (χ1) is 8.37. The van der Waals surface area contributed by atoms with Crippen molar-refractivity contribution in [2.24, 2.45) is 10.8 Å². The molecule has 0 aromatic carbocycles. The molecule has 0 radical (unpaired) electrons. The van der Waals surface area contributed by atoms with Crippen LogP contribution in [0.15, 0.2) is 0 Å². The lowest BCUT2D eigenvalue weighted by molar-refractivity contribution is -0.147. The molecule has 0 saturated carbocycles. The van der Waals surface area contributed by atoms with E-state index in [0.29, 0.717) is 13.0 Å². The fourth-order valence-corrected chi connectivity index (χ4v) is 5.10. The number of hydrogen-bond donors (Lipinski definition) is 1. The first-order valence-electron chi connectivity index (χ1n) is 6.59. The van der Waals surface area contributed by atoms with Gasteiger partial charge in [0, 0.05) is 6.54 Å². The van der Waals surface area contributed by atoms with Crippen LogP contribution >= 0.6 is 0 Å². The van der Waals surface area contributed by atoms with Gasteiger partial charge in [0.15, 0.2) is 0 Å². The molecule has 1 saturated heterocycles. The van der Waals surface area contributed by atoms with Gasteiger partial charge in [-0.1, -0.05) is 34.6 Å². The molecule has 6 heteroatoms. The van der Waals surface area contributed by atoms with Crippen molar-refractivity contribution in [1.29, 1.82) is 0 Å². The Bertz CT molecular complexity index is 448. The average molecular weight is 291 g/mol. The van der Waals surface area contributed by atoms with E-state index in [1.165, 1.54) is 4.31 Å². The van der Waals surface area contributed by atoms with E-state index in [2.05, 4.69) is 0 Å². The maximum Gasteiger partial charge on any atom is 0.322 e. The van der Waals surface area contributed by atoms with E-state index in [9.17, 15) is 18.3 Å². The zero-order chi connectivity index (χ0) is 15.1. The van der Waals surface area contributed by atoms with Gasteiger partial charge < -0.3 is 5.11 Å². The van der Waals surface area contributed by atoms with Crippen molar-refractivity contribution in [1.82, 2.24) is 4.31 Å². The molecule has 0 aromatic heterocycles. The molecule has 1 aliphatic heterocycles. The van der Waals surface area contributed by atoms with E-state index in [4.69, 9.17) is 0 Å². The summed E-state index contributed by atoms with van der Waals surface area (Å²) < 4.78 is 26.1. The monoisotopic (exact) mass is 291 g/mol. The Balaban J connectivity index is 3.12. The summed E-state index contributed by atoms with van der Waals surface area (Å²) in [5.41, 5.74) is -0.918. The van der Waals surface area contributed by atoms with Crippen LogP contribution in [0, 0.1) is 10.8 Å². The molecule has 1 heterocycles. The van der Waals surface area contributed by atoms with E-state index >= 15 is 0 Å². The Hall–Kier alpha value is -0.620. The van der Waals surface area contributed by atoms with Crippen molar-refractivity contribution in [3.8, 4) is 0 Å². The van der Waals surface area contributed by atoms with Crippen molar-refractivity contribution in [2.75, 3.05) is 12.3 Å². The lowest BCUT2D eigenvalue weighted by Crippen LogP contribution is -2.57. The van der Waals surface area contributed by atoms with Crippen molar-refractivity contribution in [2.45, 2.75) is 53.5 Å². The van der Waals surface area contributed by atoms with Gasteiger partial charge in [-0.2, -0.15) is 4.31 Å². The third kappa shape index (κ3) is 3.92. The summed E-state index contributed by atoms with van der Waals surface area (Å²) in [4.78, 5) is 11.5. The second-order valence-electron chi connectivity index (χ2n) is 7.26. The number of carboxylic acids is 1. The highest BCUT2D eigenvalue weighted by atomic mass is 32.2. The zero-order valence-electron chi connectivity index (χ0n) is 12.4. The minimum atomic E-state index is -3.55. The van der Waals surface area contributed by atoms with E-state index in [-0.39, 0.29) is 11.2 Å². The number of sulfonamides is 1. The maximum atomic E-state index is 12.5. The van der Waals surface area contributed by atoms with Gasteiger partial charge in [0.2, 0.25) is 10.0 Å². The highest BCUT2D eigenvalue weighted by molar-refractivity contribution is 7.89. The highest BCUT2D eigenvalue weighted by Gasteiger charge is 2.47. The predicted molar refractivity (Wildman–Crippen MR) is 74.4 cm³/mol. The van der Waals surface area contributed by atoms with Gasteiger partial charge in [-0.05, 0) is 23.7 Å². The highest BCUT2D eigenvalue weighted by Crippen LogP contribution is 2.37. The van der Waals surface area contributed by atoms with Crippen molar-refractivity contribution >= 4 is 16.0 Å². The maximum absolute atomic E-state index is 12.5. The van der Waals surface area contributed by atoms with E-state index < -0.39 is 27.4 Å². The van der Waals surface area contributed by atoms with Crippen LogP contribution in [0.2, 0.25) is 0 Å². The number of rotatable bonds is 3. The minimum Gasteiger partial charge on any atom is -0.480 e. The number of carboxylic acid groups (broad SMARTS) is 1. The molecule has 112 valence electrons. The number of piperidine rings is 1. The van der Waals surface area contributed by atoms with Gasteiger partial charge in [-0.25, -0.2) is 8.42 Å². The topological polar surface area (TPSA) is 74.7 Å². The lowest BCUT2D eigenvalue weighted by atomic mass is 9.77. The molecule has 1 aliphatic rings. The second-order valence-corrected chi connectivity index (χ2v) is 9.18. The molecule has 0 bridgehead atoms. The van der Waals surface area contributed by atoms with Crippen LogP contribution < -0.4 is 0 Å². The molecule has 0 aliphatic carbocycles. The number of aliphatic carboxylic acids is 1. The molecule has 1 fully saturated rings. The van der Waals surface area contributed by atoms with Crippen molar-refractivity contribution < 1.29 is 18.3 Å². The molecule has 1 rings (SSSR count). The van der Waals surface area contributed by atoms with Gasteiger partial charge >= 0.3 is 5.97 Å². The molecule has 0 amide bonds. The van der Waals surface area contributed by atoms with Crippen molar-refractivity contribution in [3.05, 3.63) is 0 Å². The van der Waals surface area contributed by atoms with Crippen LogP contribution in [0.5, 0.6) is 0 Å². The number of hydrogen-bond acceptors (Lipinski definition) is 3. The molecule has 1 atom stereocenters. The van der Waals surface area contributed by atoms with Gasteiger partial charge in [0.25, 0.3) is 0 Å². The Morgan fingerprint density at radius 3 is 2.32 bits per heavy atom. The summed E-state index contributed by atoms with van der Waals surface area (Å²) in [6.45, 7) is 9.48. The first kappa shape index (κ1) is 16.4. The lowest BCUT2D eigenvalue weighted by Gasteiger charge is -2.43. The van der Waals surface area contributed by atoms with Crippen LogP contribution in [0.1, 0.15) is 47.5 Å². The summed E-state index contributed by atoms with van der Waals surface area (Å²) in [6, 6.07) is -0.964. The van der Waals surface area contributed by atoms with Crippen LogP contribution in [0.25, 0.3) is 0 Å². The quantitative estimate of drug-likeness (QED) is 0.862. The van der Waals surface area contributed by atoms with E-state index in [1.807, 2.05) is 34.6 Å². The summed E-state index contributed by atoms with van der Waals surface area (Å²) in [7, 11) is -3.55. The van der Waals surface area contributed by atoms with Gasteiger partial charge in [-0.3, -0.25) is 4.79 Å².